The van der Waals surface area contributed by atoms with Crippen LogP contribution in [-0.4, -0.2) is 38.0 Å². The smallest absolute Gasteiger partial charge is 0.252 e. The normalized spacial score (nSPS) is 10.3. The average Bonchev–Trinajstić information content (AvgIpc) is 2.59. The number of carbonyl (C=O) groups is 1. The predicted octanol–water partition coefficient (Wildman–Crippen LogP) is 0.585. The molecule has 84 valence electrons. The molecule has 1 amide bonds. The highest BCUT2D eigenvalue weighted by Gasteiger charge is 2.05. The number of nitrogens with zero attached hydrogens (tertiary/aromatic N) is 1. The first-order valence-electron chi connectivity index (χ1n) is 4.52. The van der Waals surface area contributed by atoms with Crippen LogP contribution in [0.4, 0.5) is 5.88 Å². The maximum atomic E-state index is 11.2. The SMILES string of the molecule is COCCOCC(=O)Nc1cc(C)no1. The molecular weight excluding hydrogens is 200 g/mol. The fraction of sp³-hybridized carbons (Fsp3) is 0.556. The topological polar surface area (TPSA) is 73.6 Å². The first-order valence-corrected chi connectivity index (χ1v) is 4.52. The summed E-state index contributed by atoms with van der Waals surface area (Å²) in [6.07, 6.45) is 0. The van der Waals surface area contributed by atoms with Crippen LogP contribution in [0, 0.1) is 6.92 Å². The van der Waals surface area contributed by atoms with Crippen LogP contribution in [0.1, 0.15) is 5.69 Å². The Balaban J connectivity index is 2.18. The van der Waals surface area contributed by atoms with Crippen molar-refractivity contribution in [2.75, 3.05) is 32.2 Å². The third-order valence-corrected chi connectivity index (χ3v) is 1.56. The quantitative estimate of drug-likeness (QED) is 0.701. The molecule has 1 N–H and O–H groups in total. The van der Waals surface area contributed by atoms with E-state index in [2.05, 4.69) is 10.5 Å². The molecule has 0 aromatic carbocycles. The van der Waals surface area contributed by atoms with E-state index in [0.717, 1.165) is 0 Å². The number of hydrogen-bond donors (Lipinski definition) is 1. The summed E-state index contributed by atoms with van der Waals surface area (Å²) in [5.41, 5.74) is 0.714. The first-order chi connectivity index (χ1) is 7.22. The van der Waals surface area contributed by atoms with Gasteiger partial charge in [-0.1, -0.05) is 5.16 Å². The number of hydrogen-bond acceptors (Lipinski definition) is 5. The van der Waals surface area contributed by atoms with E-state index in [4.69, 9.17) is 14.0 Å². The predicted molar refractivity (Wildman–Crippen MR) is 52.6 cm³/mol. The van der Waals surface area contributed by atoms with Crippen molar-refractivity contribution in [2.45, 2.75) is 6.92 Å². The molecule has 15 heavy (non-hydrogen) atoms. The van der Waals surface area contributed by atoms with E-state index in [-0.39, 0.29) is 12.5 Å². The van der Waals surface area contributed by atoms with Gasteiger partial charge in [0.1, 0.15) is 6.61 Å². The first kappa shape index (κ1) is 11.7. The maximum Gasteiger partial charge on any atom is 0.252 e. The lowest BCUT2D eigenvalue weighted by Crippen LogP contribution is -2.19. The van der Waals surface area contributed by atoms with Gasteiger partial charge in [-0.25, -0.2) is 0 Å². The highest BCUT2D eigenvalue weighted by Crippen LogP contribution is 2.07. The number of ether oxygens (including phenoxy) is 2. The number of carbonyl (C=O) groups excluding carboxylic acids is 1. The molecule has 0 bridgehead atoms. The minimum absolute atomic E-state index is 0.0247. The van der Waals surface area contributed by atoms with Gasteiger partial charge in [0.05, 0.1) is 18.9 Å². The Hall–Kier alpha value is -1.40. The molecule has 1 aromatic rings. The number of aryl methyl sites for hydroxylation is 1. The zero-order valence-electron chi connectivity index (χ0n) is 8.78. The van der Waals surface area contributed by atoms with Crippen LogP contribution in [0.25, 0.3) is 0 Å². The second-order valence-electron chi connectivity index (χ2n) is 2.93. The molecule has 0 radical (unpaired) electrons. The summed E-state index contributed by atoms with van der Waals surface area (Å²) in [7, 11) is 1.57. The lowest BCUT2D eigenvalue weighted by atomic mass is 10.5. The summed E-state index contributed by atoms with van der Waals surface area (Å²) >= 11 is 0. The molecule has 0 spiro atoms. The van der Waals surface area contributed by atoms with E-state index >= 15 is 0 Å². The number of anilines is 1. The molecular formula is C9H14N2O4. The molecule has 1 heterocycles. The van der Waals surface area contributed by atoms with Gasteiger partial charge in [-0.2, -0.15) is 0 Å². The van der Waals surface area contributed by atoms with E-state index < -0.39 is 0 Å². The fourth-order valence-electron chi connectivity index (χ4n) is 0.903. The van der Waals surface area contributed by atoms with Crippen molar-refractivity contribution in [2.24, 2.45) is 0 Å². The number of aromatic nitrogens is 1. The Kier molecular flexibility index (Phi) is 4.79. The molecule has 0 unspecified atom stereocenters. The minimum atomic E-state index is -0.276. The summed E-state index contributed by atoms with van der Waals surface area (Å²) in [5, 5.41) is 6.13. The van der Waals surface area contributed by atoms with Gasteiger partial charge in [-0.15, -0.1) is 0 Å². The summed E-state index contributed by atoms with van der Waals surface area (Å²) in [4.78, 5) is 11.2. The van der Waals surface area contributed by atoms with Crippen molar-refractivity contribution in [3.05, 3.63) is 11.8 Å². The highest BCUT2D eigenvalue weighted by molar-refractivity contribution is 5.90. The largest absolute Gasteiger partial charge is 0.382 e. The second kappa shape index (κ2) is 6.15. The van der Waals surface area contributed by atoms with E-state index in [0.29, 0.717) is 24.8 Å². The number of amides is 1. The third-order valence-electron chi connectivity index (χ3n) is 1.56. The summed E-state index contributed by atoms with van der Waals surface area (Å²) in [6, 6.07) is 1.63. The Morgan fingerprint density at radius 2 is 2.40 bits per heavy atom. The standard InChI is InChI=1S/C9H14N2O4/c1-7-5-9(15-11-7)10-8(12)6-14-4-3-13-2/h5H,3-4,6H2,1-2H3,(H,10,12). The summed E-state index contributed by atoms with van der Waals surface area (Å²) in [5.74, 6) is 0.0510. The van der Waals surface area contributed by atoms with Crippen LogP contribution in [0.15, 0.2) is 10.6 Å². The maximum absolute atomic E-state index is 11.2. The molecule has 0 atom stereocenters. The Labute approximate surface area is 87.5 Å². The molecule has 0 fully saturated rings. The number of methoxy groups -OCH3 is 1. The molecule has 6 heteroatoms. The van der Waals surface area contributed by atoms with Gasteiger partial charge in [-0.3, -0.25) is 10.1 Å². The molecule has 0 saturated carbocycles. The van der Waals surface area contributed by atoms with Gasteiger partial charge in [0.2, 0.25) is 5.88 Å². The van der Waals surface area contributed by atoms with Crippen LogP contribution in [-0.2, 0) is 14.3 Å². The van der Waals surface area contributed by atoms with E-state index in [1.807, 2.05) is 0 Å². The molecule has 1 aromatic heterocycles. The van der Waals surface area contributed by atoms with Crippen molar-refractivity contribution in [3.63, 3.8) is 0 Å². The number of rotatable bonds is 6. The van der Waals surface area contributed by atoms with Gasteiger partial charge in [0.15, 0.2) is 0 Å². The van der Waals surface area contributed by atoms with E-state index in [1.54, 1.807) is 20.1 Å². The van der Waals surface area contributed by atoms with Gasteiger partial charge in [0.25, 0.3) is 5.91 Å². The monoisotopic (exact) mass is 214 g/mol. The molecule has 0 aliphatic carbocycles. The Morgan fingerprint density at radius 1 is 1.60 bits per heavy atom. The highest BCUT2D eigenvalue weighted by atomic mass is 16.5. The molecule has 0 saturated heterocycles. The van der Waals surface area contributed by atoms with Gasteiger partial charge in [0, 0.05) is 13.2 Å². The fourth-order valence-corrected chi connectivity index (χ4v) is 0.903. The van der Waals surface area contributed by atoms with Crippen LogP contribution in [0.3, 0.4) is 0 Å². The van der Waals surface area contributed by atoms with Crippen molar-refractivity contribution in [1.29, 1.82) is 0 Å². The third kappa shape index (κ3) is 4.57. The van der Waals surface area contributed by atoms with Gasteiger partial charge >= 0.3 is 0 Å². The van der Waals surface area contributed by atoms with Crippen LogP contribution < -0.4 is 5.32 Å². The van der Waals surface area contributed by atoms with Crippen molar-refractivity contribution in [1.82, 2.24) is 5.16 Å². The molecule has 0 aliphatic rings. The van der Waals surface area contributed by atoms with Crippen molar-refractivity contribution < 1.29 is 18.8 Å². The van der Waals surface area contributed by atoms with Gasteiger partial charge in [-0.05, 0) is 6.92 Å². The van der Waals surface area contributed by atoms with Crippen LogP contribution in [0.5, 0.6) is 0 Å². The van der Waals surface area contributed by atoms with Crippen LogP contribution >= 0.6 is 0 Å². The number of nitrogens with one attached hydrogen (secondary N) is 1. The summed E-state index contributed by atoms with van der Waals surface area (Å²) in [6.45, 7) is 2.60. The van der Waals surface area contributed by atoms with E-state index in [9.17, 15) is 4.79 Å². The lowest BCUT2D eigenvalue weighted by Gasteiger charge is -2.02. The lowest BCUT2D eigenvalue weighted by molar-refractivity contribution is -0.121. The van der Waals surface area contributed by atoms with E-state index in [1.165, 1.54) is 0 Å². The Bertz CT molecular complexity index is 311. The Morgan fingerprint density at radius 3 is 3.00 bits per heavy atom. The zero-order chi connectivity index (χ0) is 11.1. The molecule has 6 nitrogen and oxygen atoms in total. The average molecular weight is 214 g/mol. The van der Waals surface area contributed by atoms with Crippen molar-refractivity contribution in [3.8, 4) is 0 Å². The van der Waals surface area contributed by atoms with Gasteiger partial charge < -0.3 is 14.0 Å². The summed E-state index contributed by atoms with van der Waals surface area (Å²) < 4.78 is 14.6. The second-order valence-corrected chi connectivity index (χ2v) is 2.93. The molecule has 0 aliphatic heterocycles. The molecule has 1 rings (SSSR count). The minimum Gasteiger partial charge on any atom is -0.382 e. The zero-order valence-corrected chi connectivity index (χ0v) is 8.78. The van der Waals surface area contributed by atoms with Crippen LogP contribution in [0.2, 0.25) is 0 Å². The van der Waals surface area contributed by atoms with Crippen molar-refractivity contribution >= 4 is 11.8 Å².